The second-order valence-corrected chi connectivity index (χ2v) is 5.00. The van der Waals surface area contributed by atoms with Gasteiger partial charge >= 0.3 is 0 Å². The van der Waals surface area contributed by atoms with Crippen molar-refractivity contribution >= 4 is 11.6 Å². The highest BCUT2D eigenvalue weighted by Gasteiger charge is 2.23. The molecule has 0 atom stereocenters. The fourth-order valence-corrected chi connectivity index (χ4v) is 2.28. The van der Waals surface area contributed by atoms with E-state index in [0.717, 1.165) is 30.8 Å². The van der Waals surface area contributed by atoms with Crippen LogP contribution in [0.25, 0.3) is 0 Å². The summed E-state index contributed by atoms with van der Waals surface area (Å²) in [6, 6.07) is 5.87. The van der Waals surface area contributed by atoms with Crippen molar-refractivity contribution in [1.29, 1.82) is 0 Å². The summed E-state index contributed by atoms with van der Waals surface area (Å²) in [6.07, 6.45) is 2.04. The fraction of sp³-hybridized carbons (Fsp3) is 0.533. The number of ether oxygens (including phenoxy) is 2. The SMILES string of the molecule is COc1ccc2c(c1)CCCN2C(=O)COC(C)C. The van der Waals surface area contributed by atoms with Crippen LogP contribution < -0.4 is 9.64 Å². The van der Waals surface area contributed by atoms with Gasteiger partial charge in [0.25, 0.3) is 5.91 Å². The van der Waals surface area contributed by atoms with E-state index in [1.165, 1.54) is 5.56 Å². The molecule has 1 aliphatic heterocycles. The molecule has 1 aliphatic rings. The summed E-state index contributed by atoms with van der Waals surface area (Å²) in [4.78, 5) is 14.0. The highest BCUT2D eigenvalue weighted by molar-refractivity contribution is 5.95. The number of amides is 1. The lowest BCUT2D eigenvalue weighted by molar-refractivity contribution is -0.124. The molecule has 0 fully saturated rings. The molecule has 1 amide bonds. The lowest BCUT2D eigenvalue weighted by Crippen LogP contribution is -2.38. The van der Waals surface area contributed by atoms with E-state index in [0.29, 0.717) is 0 Å². The Labute approximate surface area is 114 Å². The number of hydrogen-bond acceptors (Lipinski definition) is 3. The van der Waals surface area contributed by atoms with Gasteiger partial charge < -0.3 is 14.4 Å². The number of rotatable bonds is 4. The zero-order valence-electron chi connectivity index (χ0n) is 11.8. The van der Waals surface area contributed by atoms with Gasteiger partial charge in [-0.25, -0.2) is 0 Å². The molecule has 2 rings (SSSR count). The first-order valence-electron chi connectivity index (χ1n) is 6.70. The molecule has 0 saturated carbocycles. The minimum Gasteiger partial charge on any atom is -0.497 e. The molecule has 0 saturated heterocycles. The van der Waals surface area contributed by atoms with Crippen LogP contribution in [-0.4, -0.2) is 32.3 Å². The van der Waals surface area contributed by atoms with Crippen molar-refractivity contribution in [2.75, 3.05) is 25.2 Å². The van der Waals surface area contributed by atoms with Crippen LogP contribution >= 0.6 is 0 Å². The van der Waals surface area contributed by atoms with Gasteiger partial charge in [0.05, 0.1) is 13.2 Å². The van der Waals surface area contributed by atoms with Gasteiger partial charge in [0.2, 0.25) is 0 Å². The third-order valence-corrected chi connectivity index (χ3v) is 3.25. The van der Waals surface area contributed by atoms with Crippen molar-refractivity contribution in [2.24, 2.45) is 0 Å². The largest absolute Gasteiger partial charge is 0.497 e. The summed E-state index contributed by atoms with van der Waals surface area (Å²) in [5.41, 5.74) is 2.16. The van der Waals surface area contributed by atoms with E-state index in [-0.39, 0.29) is 18.6 Å². The van der Waals surface area contributed by atoms with E-state index in [1.54, 1.807) is 7.11 Å². The van der Waals surface area contributed by atoms with E-state index in [4.69, 9.17) is 9.47 Å². The smallest absolute Gasteiger partial charge is 0.252 e. The summed E-state index contributed by atoms with van der Waals surface area (Å²) >= 11 is 0. The fourth-order valence-electron chi connectivity index (χ4n) is 2.28. The zero-order chi connectivity index (χ0) is 13.8. The summed E-state index contributed by atoms with van der Waals surface area (Å²) < 4.78 is 10.6. The average molecular weight is 263 g/mol. The number of carbonyl (C=O) groups excluding carboxylic acids is 1. The molecule has 4 heteroatoms. The van der Waals surface area contributed by atoms with Gasteiger partial charge in [-0.15, -0.1) is 0 Å². The molecule has 104 valence electrons. The van der Waals surface area contributed by atoms with E-state index < -0.39 is 0 Å². The predicted molar refractivity (Wildman–Crippen MR) is 74.8 cm³/mol. The summed E-state index contributed by atoms with van der Waals surface area (Å²) in [6.45, 7) is 4.77. The normalized spacial score (nSPS) is 14.4. The third-order valence-electron chi connectivity index (χ3n) is 3.25. The molecule has 19 heavy (non-hydrogen) atoms. The molecule has 1 aromatic rings. The molecule has 0 radical (unpaired) electrons. The van der Waals surface area contributed by atoms with Crippen LogP contribution in [0.3, 0.4) is 0 Å². The van der Waals surface area contributed by atoms with Gasteiger partial charge in [-0.2, -0.15) is 0 Å². The average Bonchev–Trinajstić information content (AvgIpc) is 2.43. The number of benzene rings is 1. The van der Waals surface area contributed by atoms with Crippen molar-refractivity contribution in [1.82, 2.24) is 0 Å². The van der Waals surface area contributed by atoms with Crippen molar-refractivity contribution in [2.45, 2.75) is 32.8 Å². The Morgan fingerprint density at radius 1 is 1.42 bits per heavy atom. The third kappa shape index (κ3) is 3.26. The lowest BCUT2D eigenvalue weighted by atomic mass is 10.0. The highest BCUT2D eigenvalue weighted by Crippen LogP contribution is 2.30. The maximum absolute atomic E-state index is 12.2. The Kier molecular flexibility index (Phi) is 4.43. The lowest BCUT2D eigenvalue weighted by Gasteiger charge is -2.30. The molecule has 0 aromatic heterocycles. The number of hydrogen-bond donors (Lipinski definition) is 0. The summed E-state index contributed by atoms with van der Waals surface area (Å²) in [5, 5.41) is 0. The number of aryl methyl sites for hydroxylation is 1. The monoisotopic (exact) mass is 263 g/mol. The van der Waals surface area contributed by atoms with Crippen LogP contribution in [0.5, 0.6) is 5.75 Å². The Morgan fingerprint density at radius 2 is 2.21 bits per heavy atom. The second-order valence-electron chi connectivity index (χ2n) is 5.00. The van der Waals surface area contributed by atoms with Crippen molar-refractivity contribution < 1.29 is 14.3 Å². The Bertz CT molecular complexity index is 457. The van der Waals surface area contributed by atoms with Crippen LogP contribution in [-0.2, 0) is 16.0 Å². The molecule has 1 heterocycles. The topological polar surface area (TPSA) is 38.8 Å². The van der Waals surface area contributed by atoms with Gasteiger partial charge in [-0.1, -0.05) is 0 Å². The van der Waals surface area contributed by atoms with E-state index in [9.17, 15) is 4.79 Å². The molecule has 0 N–H and O–H groups in total. The second kappa shape index (κ2) is 6.06. The molecule has 0 bridgehead atoms. The first-order valence-corrected chi connectivity index (χ1v) is 6.70. The Balaban J connectivity index is 2.15. The highest BCUT2D eigenvalue weighted by atomic mass is 16.5. The first-order chi connectivity index (χ1) is 9.11. The minimum absolute atomic E-state index is 0.0276. The van der Waals surface area contributed by atoms with E-state index in [1.807, 2.05) is 36.9 Å². The van der Waals surface area contributed by atoms with Crippen LogP contribution in [0.15, 0.2) is 18.2 Å². The van der Waals surface area contributed by atoms with Gasteiger partial charge in [0, 0.05) is 12.2 Å². The zero-order valence-corrected chi connectivity index (χ0v) is 11.8. The molecule has 0 aliphatic carbocycles. The maximum atomic E-state index is 12.2. The number of nitrogens with zero attached hydrogens (tertiary/aromatic N) is 1. The predicted octanol–water partition coefficient (Wildman–Crippen LogP) is 2.40. The van der Waals surface area contributed by atoms with E-state index >= 15 is 0 Å². The van der Waals surface area contributed by atoms with Gasteiger partial charge in [-0.3, -0.25) is 4.79 Å². The molecular weight excluding hydrogens is 242 g/mol. The van der Waals surface area contributed by atoms with Crippen molar-refractivity contribution in [3.63, 3.8) is 0 Å². The molecular formula is C15H21NO3. The number of methoxy groups -OCH3 is 1. The van der Waals surface area contributed by atoms with Crippen molar-refractivity contribution in [3.05, 3.63) is 23.8 Å². The standard InChI is InChI=1S/C15H21NO3/c1-11(2)19-10-15(17)16-8-4-5-12-9-13(18-3)6-7-14(12)16/h6-7,9,11H,4-5,8,10H2,1-3H3. The number of carbonyl (C=O) groups is 1. The Hall–Kier alpha value is -1.55. The maximum Gasteiger partial charge on any atom is 0.252 e. The first kappa shape index (κ1) is 13.9. The quantitative estimate of drug-likeness (QED) is 0.837. The van der Waals surface area contributed by atoms with Gasteiger partial charge in [-0.05, 0) is 50.5 Å². The van der Waals surface area contributed by atoms with E-state index in [2.05, 4.69) is 0 Å². The van der Waals surface area contributed by atoms with Crippen LogP contribution in [0.4, 0.5) is 5.69 Å². The Morgan fingerprint density at radius 3 is 2.89 bits per heavy atom. The summed E-state index contributed by atoms with van der Waals surface area (Å²) in [7, 11) is 1.66. The van der Waals surface area contributed by atoms with Gasteiger partial charge in [0.1, 0.15) is 12.4 Å². The summed E-state index contributed by atoms with van der Waals surface area (Å²) in [5.74, 6) is 0.867. The van der Waals surface area contributed by atoms with Crippen LogP contribution in [0.2, 0.25) is 0 Å². The minimum atomic E-state index is 0.0276. The number of anilines is 1. The number of fused-ring (bicyclic) bond motifs is 1. The van der Waals surface area contributed by atoms with Crippen molar-refractivity contribution in [3.8, 4) is 5.75 Å². The molecule has 4 nitrogen and oxygen atoms in total. The molecule has 0 unspecified atom stereocenters. The van der Waals surface area contributed by atoms with Crippen LogP contribution in [0, 0.1) is 0 Å². The van der Waals surface area contributed by atoms with Gasteiger partial charge in [0.15, 0.2) is 0 Å². The van der Waals surface area contributed by atoms with Crippen LogP contribution in [0.1, 0.15) is 25.8 Å². The molecule has 1 aromatic carbocycles. The molecule has 0 spiro atoms.